The van der Waals surface area contributed by atoms with Crippen molar-refractivity contribution in [2.75, 3.05) is 11.5 Å². The minimum absolute atomic E-state index is 0.0586. The predicted octanol–water partition coefficient (Wildman–Crippen LogP) is 0.499. The lowest BCUT2D eigenvalue weighted by Crippen LogP contribution is -2.31. The minimum Gasteiger partial charge on any atom is -0.320 e. The number of fused-ring (bicyclic) bond motifs is 1. The van der Waals surface area contributed by atoms with Crippen molar-refractivity contribution in [3.8, 4) is 0 Å². The van der Waals surface area contributed by atoms with Gasteiger partial charge in [0.1, 0.15) is 5.82 Å². The normalized spacial score (nSPS) is 33.6. The van der Waals surface area contributed by atoms with Crippen molar-refractivity contribution in [1.82, 2.24) is 9.97 Å². The van der Waals surface area contributed by atoms with Crippen molar-refractivity contribution >= 4 is 9.84 Å². The molecule has 0 spiro atoms. The Bertz CT molecular complexity index is 595. The van der Waals surface area contributed by atoms with Crippen molar-refractivity contribution in [2.24, 2.45) is 5.73 Å². The second kappa shape index (κ2) is 3.74. The van der Waals surface area contributed by atoms with E-state index in [1.54, 1.807) is 0 Å². The van der Waals surface area contributed by atoms with Gasteiger partial charge in [0.2, 0.25) is 0 Å². The Kier molecular flexibility index (Phi) is 2.50. The largest absolute Gasteiger partial charge is 0.320 e. The molecule has 2 atom stereocenters. The first-order chi connectivity index (χ1) is 8.37. The number of nitrogens with zero attached hydrogens (tertiary/aromatic N) is 2. The van der Waals surface area contributed by atoms with Crippen molar-refractivity contribution in [3.05, 3.63) is 23.3 Å². The van der Waals surface area contributed by atoms with Gasteiger partial charge >= 0.3 is 0 Å². The molecule has 2 heterocycles. The van der Waals surface area contributed by atoms with Crippen molar-refractivity contribution in [3.63, 3.8) is 0 Å². The fourth-order valence-electron chi connectivity index (χ4n) is 2.81. The number of aromatic nitrogens is 2. The third-order valence-corrected chi connectivity index (χ3v) is 5.70. The first-order valence-electron chi connectivity index (χ1n) is 6.23. The van der Waals surface area contributed by atoms with Gasteiger partial charge in [-0.2, -0.15) is 0 Å². The standard InChI is InChI=1S/C12H17N3O2S/c1-12(13)4-2-8-6-14-11(15-10(8)12)9-3-5-18(16,17)7-9/h6,9H,2-5,7,13H2,1H3. The third-order valence-electron chi connectivity index (χ3n) is 3.94. The van der Waals surface area contributed by atoms with E-state index in [1.165, 1.54) is 0 Å². The Morgan fingerprint density at radius 3 is 2.94 bits per heavy atom. The van der Waals surface area contributed by atoms with Crippen LogP contribution in [0.3, 0.4) is 0 Å². The van der Waals surface area contributed by atoms with Crippen LogP contribution in [-0.2, 0) is 21.8 Å². The Hall–Kier alpha value is -1.01. The van der Waals surface area contributed by atoms with Crippen LogP contribution in [-0.4, -0.2) is 29.9 Å². The zero-order valence-corrected chi connectivity index (χ0v) is 11.2. The van der Waals surface area contributed by atoms with E-state index in [9.17, 15) is 8.42 Å². The summed E-state index contributed by atoms with van der Waals surface area (Å²) >= 11 is 0. The molecule has 0 amide bonds. The van der Waals surface area contributed by atoms with E-state index in [-0.39, 0.29) is 17.4 Å². The molecule has 1 aromatic rings. The first-order valence-corrected chi connectivity index (χ1v) is 8.05. The molecule has 1 aliphatic heterocycles. The van der Waals surface area contributed by atoms with Gasteiger partial charge in [-0.3, -0.25) is 0 Å². The van der Waals surface area contributed by atoms with Gasteiger partial charge in [-0.25, -0.2) is 18.4 Å². The highest BCUT2D eigenvalue weighted by molar-refractivity contribution is 7.91. The fraction of sp³-hybridized carbons (Fsp3) is 0.667. The monoisotopic (exact) mass is 267 g/mol. The molecular weight excluding hydrogens is 250 g/mol. The molecule has 1 saturated heterocycles. The molecule has 0 aromatic carbocycles. The molecule has 6 heteroatoms. The van der Waals surface area contributed by atoms with Gasteiger partial charge in [-0.1, -0.05) is 0 Å². The van der Waals surface area contributed by atoms with E-state index in [0.717, 1.165) is 24.1 Å². The van der Waals surface area contributed by atoms with Crippen molar-refractivity contribution < 1.29 is 8.42 Å². The molecule has 1 aliphatic carbocycles. The van der Waals surface area contributed by atoms with Crippen LogP contribution in [0.5, 0.6) is 0 Å². The molecule has 1 fully saturated rings. The van der Waals surface area contributed by atoms with E-state index in [1.807, 2.05) is 13.1 Å². The highest BCUT2D eigenvalue weighted by Crippen LogP contribution is 2.34. The molecule has 0 radical (unpaired) electrons. The summed E-state index contributed by atoms with van der Waals surface area (Å²) in [5, 5.41) is 0. The lowest BCUT2D eigenvalue weighted by molar-refractivity contribution is 0.476. The fourth-order valence-corrected chi connectivity index (χ4v) is 4.55. The average molecular weight is 267 g/mol. The minimum atomic E-state index is -2.90. The molecule has 0 saturated carbocycles. The van der Waals surface area contributed by atoms with Crippen LogP contribution in [0.4, 0.5) is 0 Å². The summed E-state index contributed by atoms with van der Waals surface area (Å²) in [5.74, 6) is 1.01. The van der Waals surface area contributed by atoms with Crippen molar-refractivity contribution in [2.45, 2.75) is 37.6 Å². The Labute approximate surface area is 107 Å². The number of rotatable bonds is 1. The number of hydrogen-bond donors (Lipinski definition) is 1. The van der Waals surface area contributed by atoms with Crippen molar-refractivity contribution in [1.29, 1.82) is 0 Å². The maximum atomic E-state index is 11.5. The number of nitrogens with two attached hydrogens (primary N) is 1. The summed E-state index contributed by atoms with van der Waals surface area (Å²) in [6.45, 7) is 1.97. The summed E-state index contributed by atoms with van der Waals surface area (Å²) in [6.07, 6.45) is 4.23. The smallest absolute Gasteiger partial charge is 0.151 e. The maximum absolute atomic E-state index is 11.5. The first kappa shape index (κ1) is 12.0. The molecule has 1 aromatic heterocycles. The van der Waals surface area contributed by atoms with Gasteiger partial charge in [-0.15, -0.1) is 0 Å². The lowest BCUT2D eigenvalue weighted by atomic mass is 10.0. The third kappa shape index (κ3) is 1.93. The molecule has 5 nitrogen and oxygen atoms in total. The summed E-state index contributed by atoms with van der Waals surface area (Å²) in [4.78, 5) is 8.89. The zero-order valence-electron chi connectivity index (χ0n) is 10.4. The van der Waals surface area contributed by atoms with Crippen LogP contribution < -0.4 is 5.73 Å². The SMILES string of the molecule is CC1(N)CCc2cnc(C3CCS(=O)(=O)C3)nc21. The van der Waals surface area contributed by atoms with Gasteiger partial charge in [0.05, 0.1) is 22.7 Å². The molecule has 2 N–H and O–H groups in total. The van der Waals surface area contributed by atoms with Crippen LogP contribution in [0.1, 0.15) is 42.8 Å². The van der Waals surface area contributed by atoms with E-state index in [4.69, 9.17) is 5.73 Å². The van der Waals surface area contributed by atoms with Gasteiger partial charge in [0.15, 0.2) is 9.84 Å². The molecular formula is C12H17N3O2S. The van der Waals surface area contributed by atoms with Gasteiger partial charge in [-0.05, 0) is 31.7 Å². The maximum Gasteiger partial charge on any atom is 0.151 e. The van der Waals surface area contributed by atoms with Gasteiger partial charge in [0.25, 0.3) is 0 Å². The van der Waals surface area contributed by atoms with Crippen LogP contribution in [0.2, 0.25) is 0 Å². The molecule has 2 unspecified atom stereocenters. The summed E-state index contributed by atoms with van der Waals surface area (Å²) < 4.78 is 23.0. The van der Waals surface area contributed by atoms with Crippen LogP contribution in [0, 0.1) is 0 Å². The van der Waals surface area contributed by atoms with E-state index in [0.29, 0.717) is 12.2 Å². The highest BCUT2D eigenvalue weighted by Gasteiger charge is 2.35. The second-order valence-electron chi connectivity index (χ2n) is 5.62. The number of aryl methyl sites for hydroxylation is 1. The van der Waals surface area contributed by atoms with Crippen LogP contribution >= 0.6 is 0 Å². The Morgan fingerprint density at radius 1 is 1.50 bits per heavy atom. The summed E-state index contributed by atoms with van der Waals surface area (Å²) in [6, 6.07) is 0. The number of hydrogen-bond acceptors (Lipinski definition) is 5. The van der Waals surface area contributed by atoms with E-state index >= 15 is 0 Å². The summed E-state index contributed by atoms with van der Waals surface area (Å²) in [7, 11) is -2.90. The predicted molar refractivity (Wildman–Crippen MR) is 67.9 cm³/mol. The van der Waals surface area contributed by atoms with Gasteiger partial charge < -0.3 is 5.73 Å². The summed E-state index contributed by atoms with van der Waals surface area (Å²) in [5.41, 5.74) is 7.80. The molecule has 0 bridgehead atoms. The highest BCUT2D eigenvalue weighted by atomic mass is 32.2. The average Bonchev–Trinajstić information content (AvgIpc) is 2.80. The lowest BCUT2D eigenvalue weighted by Gasteiger charge is -2.18. The van der Waals surface area contributed by atoms with Crippen LogP contribution in [0.15, 0.2) is 6.20 Å². The second-order valence-corrected chi connectivity index (χ2v) is 7.85. The zero-order chi connectivity index (χ0) is 13.0. The molecule has 2 aliphatic rings. The van der Waals surface area contributed by atoms with Crippen LogP contribution in [0.25, 0.3) is 0 Å². The van der Waals surface area contributed by atoms with E-state index in [2.05, 4.69) is 9.97 Å². The number of sulfone groups is 1. The van der Waals surface area contributed by atoms with E-state index < -0.39 is 15.4 Å². The Balaban J connectivity index is 1.97. The molecule has 3 rings (SSSR count). The quantitative estimate of drug-likeness (QED) is 0.800. The molecule has 98 valence electrons. The molecule has 18 heavy (non-hydrogen) atoms. The topological polar surface area (TPSA) is 85.9 Å². The Morgan fingerprint density at radius 2 is 2.28 bits per heavy atom. The van der Waals surface area contributed by atoms with Gasteiger partial charge in [0, 0.05) is 12.1 Å².